The molecule has 29 heavy (non-hydrogen) atoms. The fourth-order valence-electron chi connectivity index (χ4n) is 3.94. The van der Waals surface area contributed by atoms with Crippen molar-refractivity contribution in [3.8, 4) is 0 Å². The average molecular weight is 413 g/mol. The molecule has 2 amide bonds. The number of ether oxygens (including phenoxy) is 1. The molecule has 2 aromatic rings. The zero-order valence-corrected chi connectivity index (χ0v) is 16.7. The van der Waals surface area contributed by atoms with Gasteiger partial charge in [0.15, 0.2) is 5.66 Å². The number of hydrogen-bond acceptors (Lipinski definition) is 6. The van der Waals surface area contributed by atoms with E-state index in [0.29, 0.717) is 11.3 Å². The third-order valence-corrected chi connectivity index (χ3v) is 6.94. The van der Waals surface area contributed by atoms with Gasteiger partial charge in [0.25, 0.3) is 10.0 Å². The van der Waals surface area contributed by atoms with Crippen molar-refractivity contribution >= 4 is 27.7 Å². The molecule has 0 saturated carbocycles. The van der Waals surface area contributed by atoms with E-state index in [9.17, 15) is 18.0 Å². The molecule has 2 heterocycles. The van der Waals surface area contributed by atoms with Crippen molar-refractivity contribution < 1.29 is 22.7 Å². The van der Waals surface area contributed by atoms with Crippen LogP contribution in [0.15, 0.2) is 64.6 Å². The fraction of sp³-hybridized carbons (Fsp3) is 0.250. The van der Waals surface area contributed by atoms with Crippen molar-refractivity contribution in [1.29, 1.82) is 0 Å². The summed E-state index contributed by atoms with van der Waals surface area (Å²) in [6.45, 7) is 2.88. The van der Waals surface area contributed by atoms with E-state index in [1.54, 1.807) is 25.1 Å². The Morgan fingerprint density at radius 1 is 1.10 bits per heavy atom. The lowest BCUT2D eigenvalue weighted by Crippen LogP contribution is -2.55. The summed E-state index contributed by atoms with van der Waals surface area (Å²) in [5, 5.41) is 5.42. The maximum atomic E-state index is 13.2. The van der Waals surface area contributed by atoms with Gasteiger partial charge in [-0.3, -0.25) is 4.79 Å². The number of hydrogen-bond donors (Lipinski definition) is 0. The van der Waals surface area contributed by atoms with Crippen LogP contribution in [0.5, 0.6) is 0 Å². The smallest absolute Gasteiger partial charge is 0.432 e. The number of carbonyl (C=O) groups excluding carboxylic acids is 2. The van der Waals surface area contributed by atoms with Crippen LogP contribution in [-0.2, 0) is 25.2 Å². The zero-order chi connectivity index (χ0) is 20.8. The van der Waals surface area contributed by atoms with Crippen molar-refractivity contribution in [3.05, 3.63) is 65.7 Å². The number of hydrazone groups is 1. The van der Waals surface area contributed by atoms with Gasteiger partial charge in [-0.25, -0.2) is 17.5 Å². The highest BCUT2D eigenvalue weighted by Crippen LogP contribution is 2.52. The lowest BCUT2D eigenvalue weighted by Gasteiger charge is -2.37. The van der Waals surface area contributed by atoms with Crippen LogP contribution in [-0.4, -0.2) is 42.1 Å². The lowest BCUT2D eigenvalue weighted by atomic mass is 9.91. The Hall–Kier alpha value is -3.20. The highest BCUT2D eigenvalue weighted by Gasteiger charge is 2.63. The van der Waals surface area contributed by atoms with E-state index >= 15 is 0 Å². The van der Waals surface area contributed by atoms with Crippen LogP contribution < -0.4 is 0 Å². The number of fused-ring (bicyclic) bond motifs is 2. The molecule has 0 N–H and O–H groups in total. The minimum Gasteiger partial charge on any atom is -0.448 e. The second-order valence-corrected chi connectivity index (χ2v) is 8.46. The molecule has 2 aliphatic heterocycles. The standard InChI is InChI=1S/C20H19N3O5S/c1-3-28-19(25)22-20(13-17(21-22)15-9-5-4-6-10-15)16-11-7-8-12-18(16)29(26,27)23(20)14(2)24/h4-12H,3,13H2,1-2H3. The molecule has 1 unspecified atom stereocenters. The van der Waals surface area contributed by atoms with Crippen LogP contribution in [0, 0.1) is 0 Å². The average Bonchev–Trinajstić information content (AvgIpc) is 3.18. The molecule has 0 aromatic heterocycles. The molecule has 2 aliphatic rings. The summed E-state index contributed by atoms with van der Waals surface area (Å²) in [5.41, 5.74) is -0.114. The van der Waals surface area contributed by atoms with E-state index in [-0.39, 0.29) is 17.9 Å². The van der Waals surface area contributed by atoms with Gasteiger partial charge in [-0.1, -0.05) is 48.5 Å². The topological polar surface area (TPSA) is 96.3 Å². The summed E-state index contributed by atoms with van der Waals surface area (Å²) in [4.78, 5) is 25.4. The first kappa shape index (κ1) is 19.1. The second-order valence-electron chi connectivity index (χ2n) is 6.70. The summed E-state index contributed by atoms with van der Waals surface area (Å²) in [5.74, 6) is -0.708. The van der Waals surface area contributed by atoms with Gasteiger partial charge < -0.3 is 4.74 Å². The minimum atomic E-state index is -4.16. The van der Waals surface area contributed by atoms with E-state index in [0.717, 1.165) is 21.8 Å². The number of sulfonamides is 1. The predicted octanol–water partition coefficient (Wildman–Crippen LogP) is 2.66. The Labute approximate surface area is 168 Å². The second kappa shape index (κ2) is 6.70. The van der Waals surface area contributed by atoms with Crippen LogP contribution in [0.1, 0.15) is 31.4 Å². The van der Waals surface area contributed by atoms with Crippen LogP contribution in [0.4, 0.5) is 4.79 Å². The van der Waals surface area contributed by atoms with Crippen LogP contribution in [0.2, 0.25) is 0 Å². The number of rotatable bonds is 2. The number of benzene rings is 2. The maximum Gasteiger partial charge on any atom is 0.432 e. The van der Waals surface area contributed by atoms with Crippen LogP contribution >= 0.6 is 0 Å². The largest absolute Gasteiger partial charge is 0.448 e. The Bertz CT molecular complexity index is 1130. The summed E-state index contributed by atoms with van der Waals surface area (Å²) in [6.07, 6.45) is -0.803. The van der Waals surface area contributed by atoms with Gasteiger partial charge in [-0.2, -0.15) is 10.1 Å². The molecule has 0 bridgehead atoms. The first-order chi connectivity index (χ1) is 13.8. The molecule has 0 radical (unpaired) electrons. The third kappa shape index (κ3) is 2.65. The molecule has 0 saturated heterocycles. The van der Waals surface area contributed by atoms with E-state index in [1.165, 1.54) is 6.07 Å². The van der Waals surface area contributed by atoms with Crippen molar-refractivity contribution in [2.24, 2.45) is 5.10 Å². The molecule has 2 aromatic carbocycles. The highest BCUT2D eigenvalue weighted by atomic mass is 32.2. The van der Waals surface area contributed by atoms with Gasteiger partial charge >= 0.3 is 6.09 Å². The Balaban J connectivity index is 1.98. The highest BCUT2D eigenvalue weighted by molar-refractivity contribution is 7.90. The SMILES string of the molecule is CCOC(=O)N1N=C(c2ccccc2)CC12c1ccccc1S(=O)(=O)N2C(C)=O. The van der Waals surface area contributed by atoms with Gasteiger partial charge in [0.2, 0.25) is 5.91 Å². The molecule has 9 heteroatoms. The van der Waals surface area contributed by atoms with Gasteiger partial charge in [-0.15, -0.1) is 0 Å². The van der Waals surface area contributed by atoms with Crippen molar-refractivity contribution in [1.82, 2.24) is 9.31 Å². The van der Waals surface area contributed by atoms with E-state index in [2.05, 4.69) is 5.10 Å². The monoisotopic (exact) mass is 413 g/mol. The fourth-order valence-corrected chi connectivity index (χ4v) is 5.87. The Morgan fingerprint density at radius 2 is 1.76 bits per heavy atom. The molecule has 1 spiro atoms. The summed E-state index contributed by atoms with van der Waals surface area (Å²) < 4.78 is 32.4. The molecule has 150 valence electrons. The van der Waals surface area contributed by atoms with Gasteiger partial charge in [0.05, 0.1) is 17.2 Å². The lowest BCUT2D eigenvalue weighted by molar-refractivity contribution is -0.132. The molecule has 4 rings (SSSR count). The molecule has 8 nitrogen and oxygen atoms in total. The van der Waals surface area contributed by atoms with E-state index in [1.807, 2.05) is 30.3 Å². The quantitative estimate of drug-likeness (QED) is 0.754. The maximum absolute atomic E-state index is 13.2. The normalized spacial score (nSPS) is 21.8. The summed E-state index contributed by atoms with van der Waals surface area (Å²) >= 11 is 0. The van der Waals surface area contributed by atoms with Crippen LogP contribution in [0.25, 0.3) is 0 Å². The summed E-state index contributed by atoms with van der Waals surface area (Å²) in [6, 6.07) is 15.4. The minimum absolute atomic E-state index is 0.0194. The van der Waals surface area contributed by atoms with Gasteiger partial charge in [0.1, 0.15) is 0 Å². The molecular formula is C20H19N3O5S. The van der Waals surface area contributed by atoms with Crippen molar-refractivity contribution in [3.63, 3.8) is 0 Å². The Kier molecular flexibility index (Phi) is 4.42. The number of nitrogens with zero attached hydrogens (tertiary/aromatic N) is 3. The number of carbonyl (C=O) groups is 2. The number of amides is 2. The van der Waals surface area contributed by atoms with Crippen molar-refractivity contribution in [2.75, 3.05) is 6.61 Å². The van der Waals surface area contributed by atoms with Gasteiger partial charge in [-0.05, 0) is 18.6 Å². The van der Waals surface area contributed by atoms with E-state index < -0.39 is 27.7 Å². The first-order valence-corrected chi connectivity index (χ1v) is 10.5. The zero-order valence-electron chi connectivity index (χ0n) is 15.9. The molecule has 1 atom stereocenters. The molecule has 0 fully saturated rings. The van der Waals surface area contributed by atoms with E-state index in [4.69, 9.17) is 4.74 Å². The predicted molar refractivity (Wildman–Crippen MR) is 104 cm³/mol. The Morgan fingerprint density at radius 3 is 2.41 bits per heavy atom. The third-order valence-electron chi connectivity index (χ3n) is 4.99. The molecular weight excluding hydrogens is 394 g/mol. The van der Waals surface area contributed by atoms with Crippen molar-refractivity contribution in [2.45, 2.75) is 30.8 Å². The molecule has 0 aliphatic carbocycles. The van der Waals surface area contributed by atoms with Crippen LogP contribution in [0.3, 0.4) is 0 Å². The summed E-state index contributed by atoms with van der Waals surface area (Å²) in [7, 11) is -4.16. The van der Waals surface area contributed by atoms with Gasteiger partial charge in [0, 0.05) is 18.9 Å². The first-order valence-electron chi connectivity index (χ1n) is 9.09.